The van der Waals surface area contributed by atoms with Crippen LogP contribution in [0, 0.1) is 6.92 Å². The SMILES string of the molecule is Cc1ccc(N2C(=O)N(CC(=O)NC[C@@H](c3cccs3)N3CCOCC3)C(=O)[C@H]2C)cc1. The molecular formula is C23H28N4O4S. The molecular weight excluding hydrogens is 428 g/mol. The quantitative estimate of drug-likeness (QED) is 0.647. The Morgan fingerprint density at radius 3 is 2.56 bits per heavy atom. The summed E-state index contributed by atoms with van der Waals surface area (Å²) in [4.78, 5) is 44.4. The number of rotatable bonds is 7. The van der Waals surface area contributed by atoms with Crippen molar-refractivity contribution in [1.29, 1.82) is 0 Å². The van der Waals surface area contributed by atoms with Crippen LogP contribution in [0.15, 0.2) is 41.8 Å². The zero-order valence-electron chi connectivity index (χ0n) is 18.3. The van der Waals surface area contributed by atoms with Crippen LogP contribution < -0.4 is 10.2 Å². The number of hydrogen-bond donors (Lipinski definition) is 1. The number of amides is 4. The van der Waals surface area contributed by atoms with E-state index in [4.69, 9.17) is 4.74 Å². The molecule has 32 heavy (non-hydrogen) atoms. The summed E-state index contributed by atoms with van der Waals surface area (Å²) in [5.74, 6) is -0.715. The Bertz CT molecular complexity index is 957. The van der Waals surface area contributed by atoms with Gasteiger partial charge in [-0.25, -0.2) is 4.79 Å². The molecule has 0 unspecified atom stereocenters. The van der Waals surface area contributed by atoms with Crippen molar-refractivity contribution < 1.29 is 19.1 Å². The molecule has 3 heterocycles. The molecule has 2 aromatic rings. The van der Waals surface area contributed by atoms with E-state index in [0.717, 1.165) is 23.6 Å². The Kier molecular flexibility index (Phi) is 6.88. The summed E-state index contributed by atoms with van der Waals surface area (Å²) in [7, 11) is 0. The van der Waals surface area contributed by atoms with Gasteiger partial charge in [-0.2, -0.15) is 0 Å². The van der Waals surface area contributed by atoms with E-state index in [0.29, 0.717) is 25.4 Å². The zero-order chi connectivity index (χ0) is 22.7. The van der Waals surface area contributed by atoms with Crippen molar-refractivity contribution in [3.8, 4) is 0 Å². The van der Waals surface area contributed by atoms with Gasteiger partial charge in [-0.1, -0.05) is 23.8 Å². The Balaban J connectivity index is 1.40. The third-order valence-corrected chi connectivity index (χ3v) is 6.89. The summed E-state index contributed by atoms with van der Waals surface area (Å²) in [5, 5.41) is 4.95. The maximum Gasteiger partial charge on any atom is 0.332 e. The van der Waals surface area contributed by atoms with Crippen LogP contribution in [0.2, 0.25) is 0 Å². The molecule has 2 saturated heterocycles. The number of morpholine rings is 1. The first-order valence-electron chi connectivity index (χ1n) is 10.8. The van der Waals surface area contributed by atoms with Crippen LogP contribution in [0.25, 0.3) is 0 Å². The fraction of sp³-hybridized carbons (Fsp3) is 0.435. The van der Waals surface area contributed by atoms with Crippen LogP contribution >= 0.6 is 11.3 Å². The lowest BCUT2D eigenvalue weighted by molar-refractivity contribution is -0.132. The predicted octanol–water partition coefficient (Wildman–Crippen LogP) is 2.40. The van der Waals surface area contributed by atoms with Crippen molar-refractivity contribution in [3.63, 3.8) is 0 Å². The minimum atomic E-state index is -0.648. The second-order valence-corrected chi connectivity index (χ2v) is 9.05. The fourth-order valence-corrected chi connectivity index (χ4v) is 4.96. The van der Waals surface area contributed by atoms with Crippen molar-refractivity contribution in [1.82, 2.24) is 15.1 Å². The first kappa shape index (κ1) is 22.4. The highest BCUT2D eigenvalue weighted by Gasteiger charge is 2.44. The van der Waals surface area contributed by atoms with Gasteiger partial charge in [0.1, 0.15) is 12.6 Å². The number of carbonyl (C=O) groups is 3. The standard InChI is InChI=1S/C23H28N4O4S/c1-16-5-7-18(8-6-16)27-17(2)22(29)26(23(27)30)15-21(28)24-14-19(20-4-3-13-32-20)25-9-11-31-12-10-25/h3-8,13,17,19H,9-12,14-15H2,1-2H3,(H,24,28)/t17-,19+/m1/s1. The molecule has 170 valence electrons. The number of urea groups is 1. The van der Waals surface area contributed by atoms with Gasteiger partial charge in [-0.3, -0.25) is 24.3 Å². The van der Waals surface area contributed by atoms with Gasteiger partial charge in [0.2, 0.25) is 5.91 Å². The van der Waals surface area contributed by atoms with E-state index in [-0.39, 0.29) is 24.4 Å². The molecule has 0 saturated carbocycles. The van der Waals surface area contributed by atoms with Gasteiger partial charge in [0.05, 0.1) is 19.3 Å². The molecule has 9 heteroatoms. The average molecular weight is 457 g/mol. The second kappa shape index (κ2) is 9.81. The van der Waals surface area contributed by atoms with Gasteiger partial charge < -0.3 is 10.1 Å². The van der Waals surface area contributed by atoms with Crippen molar-refractivity contribution in [2.75, 3.05) is 44.3 Å². The molecule has 0 aliphatic carbocycles. The highest BCUT2D eigenvalue weighted by Crippen LogP contribution is 2.27. The molecule has 2 aliphatic heterocycles. The first-order chi connectivity index (χ1) is 15.5. The summed E-state index contributed by atoms with van der Waals surface area (Å²) in [6.07, 6.45) is 0. The van der Waals surface area contributed by atoms with E-state index in [1.807, 2.05) is 42.6 Å². The zero-order valence-corrected chi connectivity index (χ0v) is 19.1. The lowest BCUT2D eigenvalue weighted by atomic mass is 10.2. The molecule has 8 nitrogen and oxygen atoms in total. The normalized spacial score (nSPS) is 20.6. The first-order valence-corrected chi connectivity index (χ1v) is 11.7. The molecule has 4 rings (SSSR count). The van der Waals surface area contributed by atoms with Crippen LogP contribution in [-0.4, -0.2) is 73.1 Å². The molecule has 0 bridgehead atoms. The summed E-state index contributed by atoms with van der Waals surface area (Å²) >= 11 is 1.65. The van der Waals surface area contributed by atoms with E-state index in [1.54, 1.807) is 18.3 Å². The molecule has 2 fully saturated rings. The largest absolute Gasteiger partial charge is 0.379 e. The van der Waals surface area contributed by atoms with Crippen LogP contribution in [0.4, 0.5) is 10.5 Å². The molecule has 1 aromatic carbocycles. The highest BCUT2D eigenvalue weighted by molar-refractivity contribution is 7.10. The second-order valence-electron chi connectivity index (χ2n) is 8.07. The fourth-order valence-electron chi connectivity index (χ4n) is 4.10. The summed E-state index contributed by atoms with van der Waals surface area (Å²) in [5.41, 5.74) is 1.71. The number of ether oxygens (including phenoxy) is 1. The molecule has 0 radical (unpaired) electrons. The van der Waals surface area contributed by atoms with Crippen molar-refractivity contribution >= 4 is 34.9 Å². The Hall–Kier alpha value is -2.75. The summed E-state index contributed by atoms with van der Waals surface area (Å²) < 4.78 is 5.46. The Morgan fingerprint density at radius 2 is 1.91 bits per heavy atom. The van der Waals surface area contributed by atoms with Crippen molar-refractivity contribution in [2.45, 2.75) is 25.9 Å². The molecule has 4 amide bonds. The van der Waals surface area contributed by atoms with Crippen LogP contribution in [0.3, 0.4) is 0 Å². The van der Waals surface area contributed by atoms with E-state index in [9.17, 15) is 14.4 Å². The minimum absolute atomic E-state index is 0.0378. The van der Waals surface area contributed by atoms with E-state index < -0.39 is 12.1 Å². The molecule has 2 atom stereocenters. The Labute approximate surface area is 191 Å². The third-order valence-electron chi connectivity index (χ3n) is 5.91. The van der Waals surface area contributed by atoms with E-state index in [2.05, 4.69) is 16.3 Å². The van der Waals surface area contributed by atoms with Crippen molar-refractivity contribution in [2.24, 2.45) is 0 Å². The van der Waals surface area contributed by atoms with Gasteiger partial charge in [-0.15, -0.1) is 11.3 Å². The molecule has 1 aromatic heterocycles. The number of anilines is 1. The summed E-state index contributed by atoms with van der Waals surface area (Å²) in [6.45, 7) is 6.69. The molecule has 2 aliphatic rings. The molecule has 1 N–H and O–H groups in total. The van der Waals surface area contributed by atoms with Gasteiger partial charge in [0.25, 0.3) is 5.91 Å². The highest BCUT2D eigenvalue weighted by atomic mass is 32.1. The summed E-state index contributed by atoms with van der Waals surface area (Å²) in [6, 6.07) is 10.4. The number of nitrogens with one attached hydrogen (secondary N) is 1. The van der Waals surface area contributed by atoms with Crippen LogP contribution in [-0.2, 0) is 14.3 Å². The smallest absolute Gasteiger partial charge is 0.332 e. The van der Waals surface area contributed by atoms with Gasteiger partial charge in [0, 0.05) is 30.2 Å². The number of nitrogens with zero attached hydrogens (tertiary/aromatic N) is 3. The lowest BCUT2D eigenvalue weighted by Gasteiger charge is -2.34. The monoisotopic (exact) mass is 456 g/mol. The van der Waals surface area contributed by atoms with Crippen LogP contribution in [0.1, 0.15) is 23.4 Å². The maximum absolute atomic E-state index is 12.9. The molecule has 0 spiro atoms. The lowest BCUT2D eigenvalue weighted by Crippen LogP contribution is -2.46. The average Bonchev–Trinajstić information content (AvgIpc) is 3.39. The number of aryl methyl sites for hydroxylation is 1. The van der Waals surface area contributed by atoms with E-state index >= 15 is 0 Å². The minimum Gasteiger partial charge on any atom is -0.379 e. The topological polar surface area (TPSA) is 82.2 Å². The van der Waals surface area contributed by atoms with Crippen LogP contribution in [0.5, 0.6) is 0 Å². The number of hydrogen-bond acceptors (Lipinski definition) is 6. The van der Waals surface area contributed by atoms with Gasteiger partial charge >= 0.3 is 6.03 Å². The third kappa shape index (κ3) is 4.69. The van der Waals surface area contributed by atoms with Gasteiger partial charge in [-0.05, 0) is 37.4 Å². The number of benzene rings is 1. The number of carbonyl (C=O) groups excluding carboxylic acids is 3. The predicted molar refractivity (Wildman–Crippen MR) is 123 cm³/mol. The Morgan fingerprint density at radius 1 is 1.19 bits per heavy atom. The number of imide groups is 1. The van der Waals surface area contributed by atoms with Crippen molar-refractivity contribution in [3.05, 3.63) is 52.2 Å². The number of thiophene rings is 1. The van der Waals surface area contributed by atoms with Gasteiger partial charge in [0.15, 0.2) is 0 Å². The maximum atomic E-state index is 12.9. The van der Waals surface area contributed by atoms with E-state index in [1.165, 1.54) is 9.78 Å².